The first kappa shape index (κ1) is 18.4. The van der Waals surface area contributed by atoms with E-state index in [0.717, 1.165) is 11.3 Å². The van der Waals surface area contributed by atoms with Crippen LogP contribution in [0.3, 0.4) is 0 Å². The molecule has 4 nitrogen and oxygen atoms in total. The van der Waals surface area contributed by atoms with Crippen molar-refractivity contribution >= 4 is 29.2 Å². The van der Waals surface area contributed by atoms with Crippen LogP contribution >= 0.6 is 23.2 Å². The number of methoxy groups -OCH3 is 1. The number of halogens is 3. The fourth-order valence-corrected chi connectivity index (χ4v) is 2.67. The molecule has 0 aliphatic carbocycles. The Bertz CT molecular complexity index is 723. The summed E-state index contributed by atoms with van der Waals surface area (Å²) in [7, 11) is 1.59. The molecule has 0 unspecified atom stereocenters. The van der Waals surface area contributed by atoms with E-state index in [1.807, 2.05) is 24.3 Å². The maximum atomic E-state index is 13.6. The molecule has 2 amide bonds. The lowest BCUT2D eigenvalue weighted by molar-refractivity contribution is 0.237. The molecule has 0 spiro atoms. The lowest BCUT2D eigenvalue weighted by atomic mass is 10.1. The molecule has 128 valence electrons. The van der Waals surface area contributed by atoms with E-state index in [4.69, 9.17) is 27.9 Å². The van der Waals surface area contributed by atoms with E-state index < -0.39 is 11.9 Å². The monoisotopic (exact) mass is 370 g/mol. The Balaban J connectivity index is 1.92. The highest BCUT2D eigenvalue weighted by Crippen LogP contribution is 2.28. The molecule has 2 rings (SSSR count). The molecular formula is C17H17Cl2FN2O2. The minimum atomic E-state index is -0.580. The van der Waals surface area contributed by atoms with E-state index in [9.17, 15) is 9.18 Å². The first-order valence-electron chi connectivity index (χ1n) is 7.22. The Hall–Kier alpha value is -1.98. The Kier molecular flexibility index (Phi) is 6.29. The lowest BCUT2D eigenvalue weighted by Crippen LogP contribution is -2.36. The zero-order valence-electron chi connectivity index (χ0n) is 13.2. The normalized spacial score (nSPS) is 11.7. The number of ether oxygens (including phenoxy) is 1. The predicted molar refractivity (Wildman–Crippen MR) is 93.2 cm³/mol. The number of amides is 2. The van der Waals surface area contributed by atoms with Crippen molar-refractivity contribution in [3.63, 3.8) is 0 Å². The minimum Gasteiger partial charge on any atom is -0.497 e. The van der Waals surface area contributed by atoms with Gasteiger partial charge in [-0.15, -0.1) is 0 Å². The smallest absolute Gasteiger partial charge is 0.315 e. The molecule has 0 saturated heterocycles. The first-order chi connectivity index (χ1) is 11.4. The number of rotatable bonds is 5. The van der Waals surface area contributed by atoms with Crippen molar-refractivity contribution in [3.8, 4) is 5.75 Å². The van der Waals surface area contributed by atoms with Crippen LogP contribution in [-0.2, 0) is 6.54 Å². The molecule has 0 fully saturated rings. The fraction of sp³-hybridized carbons (Fsp3) is 0.235. The van der Waals surface area contributed by atoms with Gasteiger partial charge in [0.05, 0.1) is 18.2 Å². The molecule has 0 aliphatic heterocycles. The number of hydrogen-bond donors (Lipinski definition) is 2. The van der Waals surface area contributed by atoms with E-state index in [1.165, 1.54) is 12.1 Å². The number of hydrogen-bond acceptors (Lipinski definition) is 2. The van der Waals surface area contributed by atoms with Crippen LogP contribution in [0.2, 0.25) is 10.0 Å². The molecule has 0 radical (unpaired) electrons. The average Bonchev–Trinajstić information content (AvgIpc) is 2.56. The van der Waals surface area contributed by atoms with E-state index in [1.54, 1.807) is 14.0 Å². The SMILES string of the molecule is COc1ccc(CNC(=O)N[C@@H](C)c2cc(F)c(Cl)cc2Cl)cc1. The second kappa shape index (κ2) is 8.22. The van der Waals surface area contributed by atoms with Crippen molar-refractivity contribution in [2.75, 3.05) is 7.11 Å². The van der Waals surface area contributed by atoms with Crippen LogP contribution in [0.4, 0.5) is 9.18 Å². The maximum Gasteiger partial charge on any atom is 0.315 e. The van der Waals surface area contributed by atoms with E-state index in [0.29, 0.717) is 17.1 Å². The summed E-state index contributed by atoms with van der Waals surface area (Å²) in [5.41, 5.74) is 1.38. The van der Waals surface area contributed by atoms with Gasteiger partial charge in [0, 0.05) is 11.6 Å². The Morgan fingerprint density at radius 2 is 1.88 bits per heavy atom. The van der Waals surface area contributed by atoms with Gasteiger partial charge >= 0.3 is 6.03 Å². The van der Waals surface area contributed by atoms with E-state index in [-0.39, 0.29) is 11.1 Å². The van der Waals surface area contributed by atoms with Gasteiger partial charge in [-0.05, 0) is 42.3 Å². The molecule has 0 aliphatic rings. The molecule has 0 aromatic heterocycles. The number of carbonyl (C=O) groups excluding carboxylic acids is 1. The second-order valence-corrected chi connectivity index (χ2v) is 6.00. The standard InChI is InChI=1S/C17H17Cl2FN2O2/c1-10(13-7-16(20)15(19)8-14(13)18)22-17(23)21-9-11-3-5-12(24-2)6-4-11/h3-8,10H,9H2,1-2H3,(H2,21,22,23)/t10-/m0/s1. The number of carbonyl (C=O) groups is 1. The summed E-state index contributed by atoms with van der Waals surface area (Å²) in [5, 5.41) is 5.68. The summed E-state index contributed by atoms with van der Waals surface area (Å²) in [5.74, 6) is 0.166. The second-order valence-electron chi connectivity index (χ2n) is 5.18. The van der Waals surface area contributed by atoms with E-state index >= 15 is 0 Å². The third-order valence-corrected chi connectivity index (χ3v) is 4.08. The topological polar surface area (TPSA) is 50.4 Å². The van der Waals surface area contributed by atoms with Crippen molar-refractivity contribution in [2.45, 2.75) is 19.5 Å². The maximum absolute atomic E-state index is 13.6. The quantitative estimate of drug-likeness (QED) is 0.749. The predicted octanol–water partition coefficient (Wildman–Crippen LogP) is 4.70. The van der Waals surface area contributed by atoms with Gasteiger partial charge in [-0.2, -0.15) is 0 Å². The van der Waals surface area contributed by atoms with Crippen LogP contribution in [-0.4, -0.2) is 13.1 Å². The van der Waals surface area contributed by atoms with Gasteiger partial charge in [0.2, 0.25) is 0 Å². The third kappa shape index (κ3) is 4.76. The Morgan fingerprint density at radius 1 is 1.21 bits per heavy atom. The third-order valence-electron chi connectivity index (χ3n) is 3.47. The van der Waals surface area contributed by atoms with Crippen LogP contribution < -0.4 is 15.4 Å². The van der Waals surface area contributed by atoms with Crippen LogP contribution in [0.1, 0.15) is 24.1 Å². The van der Waals surface area contributed by atoms with Crippen LogP contribution in [0, 0.1) is 5.82 Å². The Labute approximate surface area is 149 Å². The highest BCUT2D eigenvalue weighted by atomic mass is 35.5. The van der Waals surface area contributed by atoms with Gasteiger partial charge in [-0.1, -0.05) is 35.3 Å². The van der Waals surface area contributed by atoms with Gasteiger partial charge in [0.25, 0.3) is 0 Å². The van der Waals surface area contributed by atoms with Crippen molar-refractivity contribution in [1.29, 1.82) is 0 Å². The van der Waals surface area contributed by atoms with Gasteiger partial charge in [-0.25, -0.2) is 9.18 Å². The number of nitrogens with one attached hydrogen (secondary N) is 2. The lowest BCUT2D eigenvalue weighted by Gasteiger charge is -2.17. The van der Waals surface area contributed by atoms with E-state index in [2.05, 4.69) is 10.6 Å². The van der Waals surface area contributed by atoms with Gasteiger partial charge in [-0.3, -0.25) is 0 Å². The highest BCUT2D eigenvalue weighted by Gasteiger charge is 2.15. The zero-order chi connectivity index (χ0) is 17.7. The molecule has 24 heavy (non-hydrogen) atoms. The minimum absolute atomic E-state index is 0.0556. The van der Waals surface area contributed by atoms with Crippen molar-refractivity contribution in [1.82, 2.24) is 10.6 Å². The first-order valence-corrected chi connectivity index (χ1v) is 7.98. The summed E-state index contributed by atoms with van der Waals surface area (Å²) < 4.78 is 18.6. The van der Waals surface area contributed by atoms with Gasteiger partial charge in [0.1, 0.15) is 11.6 Å². The zero-order valence-corrected chi connectivity index (χ0v) is 14.7. The molecule has 0 heterocycles. The summed E-state index contributed by atoms with van der Waals surface area (Å²) in [4.78, 5) is 12.0. The summed E-state index contributed by atoms with van der Waals surface area (Å²) in [6.45, 7) is 2.06. The summed E-state index contributed by atoms with van der Waals surface area (Å²) >= 11 is 11.7. The molecule has 7 heteroatoms. The van der Waals surface area contributed by atoms with Crippen LogP contribution in [0.5, 0.6) is 5.75 Å². The number of benzene rings is 2. The van der Waals surface area contributed by atoms with Crippen molar-refractivity contribution < 1.29 is 13.9 Å². The Morgan fingerprint density at radius 3 is 2.50 bits per heavy atom. The molecule has 2 N–H and O–H groups in total. The summed E-state index contributed by atoms with van der Waals surface area (Å²) in [6.07, 6.45) is 0. The van der Waals surface area contributed by atoms with Gasteiger partial charge < -0.3 is 15.4 Å². The molecule has 1 atom stereocenters. The van der Waals surface area contributed by atoms with Gasteiger partial charge in [0.15, 0.2) is 0 Å². The fourth-order valence-electron chi connectivity index (χ4n) is 2.12. The molecule has 0 saturated carbocycles. The van der Waals surface area contributed by atoms with Crippen molar-refractivity contribution in [3.05, 3.63) is 63.4 Å². The average molecular weight is 371 g/mol. The molecule has 2 aromatic carbocycles. The number of urea groups is 1. The molecule has 2 aromatic rings. The summed E-state index contributed by atoms with van der Waals surface area (Å²) in [6, 6.07) is 9.02. The molecular weight excluding hydrogens is 354 g/mol. The molecule has 0 bridgehead atoms. The highest BCUT2D eigenvalue weighted by molar-refractivity contribution is 6.35. The largest absolute Gasteiger partial charge is 0.497 e. The van der Waals surface area contributed by atoms with Crippen LogP contribution in [0.15, 0.2) is 36.4 Å². The van der Waals surface area contributed by atoms with Crippen molar-refractivity contribution in [2.24, 2.45) is 0 Å². The van der Waals surface area contributed by atoms with Crippen LogP contribution in [0.25, 0.3) is 0 Å².